The molecule has 1 fully saturated rings. The van der Waals surface area contributed by atoms with E-state index in [9.17, 15) is 14.0 Å². The zero-order valence-corrected chi connectivity index (χ0v) is 13.4. The van der Waals surface area contributed by atoms with Gasteiger partial charge in [-0.3, -0.25) is 4.79 Å². The van der Waals surface area contributed by atoms with Crippen LogP contribution in [0, 0.1) is 5.82 Å². The average Bonchev–Trinajstić information content (AvgIpc) is 2.55. The van der Waals surface area contributed by atoms with Gasteiger partial charge in [0.05, 0.1) is 6.61 Å². The van der Waals surface area contributed by atoms with Crippen molar-refractivity contribution in [3.63, 3.8) is 0 Å². The number of unbranched alkanes of at least 4 members (excludes halogenated alkanes) is 1. The van der Waals surface area contributed by atoms with Crippen molar-refractivity contribution in [2.75, 3.05) is 19.7 Å². The Morgan fingerprint density at radius 1 is 1.35 bits per heavy atom. The fraction of sp³-hybridized carbons (Fsp3) is 0.529. The highest BCUT2D eigenvalue weighted by atomic mass is 19.1. The first-order valence-electron chi connectivity index (χ1n) is 8.08. The molecular formula is C17H23FN2O3. The molecule has 1 heterocycles. The highest BCUT2D eigenvalue weighted by Gasteiger charge is 2.24. The van der Waals surface area contributed by atoms with E-state index in [1.807, 2.05) is 6.92 Å². The lowest BCUT2D eigenvalue weighted by molar-refractivity contribution is 0.0836. The molecule has 0 saturated carbocycles. The van der Waals surface area contributed by atoms with E-state index in [-0.39, 0.29) is 18.0 Å². The van der Waals surface area contributed by atoms with Gasteiger partial charge in [0, 0.05) is 24.7 Å². The molecule has 0 radical (unpaired) electrons. The second kappa shape index (κ2) is 8.50. The number of nitrogens with zero attached hydrogens (tertiary/aromatic N) is 1. The minimum absolute atomic E-state index is 0.00883. The number of hydrogen-bond donors (Lipinski definition) is 1. The minimum atomic E-state index is -0.428. The summed E-state index contributed by atoms with van der Waals surface area (Å²) in [6.07, 6.45) is 2.91. The third-order valence-electron chi connectivity index (χ3n) is 3.90. The first kappa shape index (κ1) is 17.2. The first-order chi connectivity index (χ1) is 11.1. The summed E-state index contributed by atoms with van der Waals surface area (Å²) in [6, 6.07) is 5.61. The van der Waals surface area contributed by atoms with E-state index >= 15 is 0 Å². The minimum Gasteiger partial charge on any atom is -0.449 e. The Morgan fingerprint density at radius 2 is 2.09 bits per heavy atom. The summed E-state index contributed by atoms with van der Waals surface area (Å²) in [5.41, 5.74) is 0.311. The Balaban J connectivity index is 1.76. The number of carbonyl (C=O) groups is 2. The molecule has 1 aliphatic rings. The number of nitrogens with one attached hydrogen (secondary N) is 1. The number of likely N-dealkylation sites (tertiary alicyclic amines) is 1. The summed E-state index contributed by atoms with van der Waals surface area (Å²) < 4.78 is 18.3. The van der Waals surface area contributed by atoms with Crippen molar-refractivity contribution in [2.45, 2.75) is 38.6 Å². The van der Waals surface area contributed by atoms with E-state index in [0.717, 1.165) is 12.8 Å². The van der Waals surface area contributed by atoms with Gasteiger partial charge in [0.15, 0.2) is 0 Å². The molecule has 5 nitrogen and oxygen atoms in total. The maximum Gasteiger partial charge on any atom is 0.409 e. The normalized spacial score (nSPS) is 15.3. The lowest BCUT2D eigenvalue weighted by Gasteiger charge is -2.31. The number of halogens is 1. The number of rotatable bonds is 5. The van der Waals surface area contributed by atoms with Gasteiger partial charge in [-0.25, -0.2) is 9.18 Å². The van der Waals surface area contributed by atoms with E-state index in [0.29, 0.717) is 38.1 Å². The van der Waals surface area contributed by atoms with Crippen molar-refractivity contribution in [1.29, 1.82) is 0 Å². The standard InChI is InChI=1S/C17H23FN2O3/c1-2-3-11-23-17(22)20-9-7-15(8-10-20)19-16(21)13-5-4-6-14(18)12-13/h4-6,12,15H,2-3,7-11H2,1H3,(H,19,21). The van der Waals surface area contributed by atoms with Crippen molar-refractivity contribution < 1.29 is 18.7 Å². The van der Waals surface area contributed by atoms with Crippen LogP contribution >= 0.6 is 0 Å². The molecule has 0 atom stereocenters. The smallest absolute Gasteiger partial charge is 0.409 e. The fourth-order valence-corrected chi connectivity index (χ4v) is 2.50. The number of carbonyl (C=O) groups excluding carboxylic acids is 2. The Labute approximate surface area is 135 Å². The number of ether oxygens (including phenoxy) is 1. The molecule has 1 N–H and O–H groups in total. The molecule has 126 valence electrons. The Morgan fingerprint density at radius 3 is 2.74 bits per heavy atom. The van der Waals surface area contributed by atoms with Crippen LogP contribution in [0.15, 0.2) is 24.3 Å². The van der Waals surface area contributed by atoms with E-state index in [2.05, 4.69) is 5.32 Å². The zero-order chi connectivity index (χ0) is 16.7. The molecule has 1 aromatic rings. The summed E-state index contributed by atoms with van der Waals surface area (Å²) in [5, 5.41) is 2.89. The van der Waals surface area contributed by atoms with E-state index in [1.54, 1.807) is 11.0 Å². The Kier molecular flexibility index (Phi) is 6.38. The van der Waals surface area contributed by atoms with Crippen LogP contribution in [0.4, 0.5) is 9.18 Å². The molecule has 0 bridgehead atoms. The quantitative estimate of drug-likeness (QED) is 0.848. The largest absolute Gasteiger partial charge is 0.449 e. The van der Waals surface area contributed by atoms with Crippen LogP contribution in [0.3, 0.4) is 0 Å². The van der Waals surface area contributed by atoms with Crippen LogP contribution in [-0.2, 0) is 4.74 Å². The van der Waals surface area contributed by atoms with Gasteiger partial charge in [0.2, 0.25) is 0 Å². The molecule has 23 heavy (non-hydrogen) atoms. The van der Waals surface area contributed by atoms with Crippen molar-refractivity contribution in [1.82, 2.24) is 10.2 Å². The van der Waals surface area contributed by atoms with Crippen LogP contribution in [0.25, 0.3) is 0 Å². The van der Waals surface area contributed by atoms with Crippen molar-refractivity contribution in [3.05, 3.63) is 35.6 Å². The molecule has 1 aromatic carbocycles. The second-order valence-electron chi connectivity index (χ2n) is 5.71. The van der Waals surface area contributed by atoms with Gasteiger partial charge in [0.1, 0.15) is 5.82 Å². The first-order valence-corrected chi connectivity index (χ1v) is 8.08. The molecule has 1 aliphatic heterocycles. The van der Waals surface area contributed by atoms with Crippen molar-refractivity contribution in [2.24, 2.45) is 0 Å². The van der Waals surface area contributed by atoms with Gasteiger partial charge in [-0.2, -0.15) is 0 Å². The number of hydrogen-bond acceptors (Lipinski definition) is 3. The van der Waals surface area contributed by atoms with Crippen molar-refractivity contribution >= 4 is 12.0 Å². The number of benzene rings is 1. The Hall–Kier alpha value is -2.11. The molecule has 2 amide bonds. The maximum atomic E-state index is 13.1. The summed E-state index contributed by atoms with van der Waals surface area (Å²) in [7, 11) is 0. The summed E-state index contributed by atoms with van der Waals surface area (Å²) in [5.74, 6) is -0.712. The highest BCUT2D eigenvalue weighted by molar-refractivity contribution is 5.94. The number of piperidine rings is 1. The predicted octanol–water partition coefficient (Wildman–Crippen LogP) is 2.96. The SMILES string of the molecule is CCCCOC(=O)N1CCC(NC(=O)c2cccc(F)c2)CC1. The van der Waals surface area contributed by atoms with Crippen LogP contribution < -0.4 is 5.32 Å². The topological polar surface area (TPSA) is 58.6 Å². The van der Waals surface area contributed by atoms with Gasteiger partial charge in [0.25, 0.3) is 5.91 Å². The van der Waals surface area contributed by atoms with Crippen LogP contribution in [0.5, 0.6) is 0 Å². The van der Waals surface area contributed by atoms with Gasteiger partial charge < -0.3 is 15.0 Å². The van der Waals surface area contributed by atoms with Crippen LogP contribution in [0.2, 0.25) is 0 Å². The number of amides is 2. The van der Waals surface area contributed by atoms with Gasteiger partial charge in [-0.15, -0.1) is 0 Å². The molecule has 2 rings (SSSR count). The lowest BCUT2D eigenvalue weighted by atomic mass is 10.0. The highest BCUT2D eigenvalue weighted by Crippen LogP contribution is 2.13. The van der Waals surface area contributed by atoms with E-state index in [1.165, 1.54) is 18.2 Å². The fourth-order valence-electron chi connectivity index (χ4n) is 2.50. The van der Waals surface area contributed by atoms with Gasteiger partial charge in [-0.1, -0.05) is 19.4 Å². The van der Waals surface area contributed by atoms with Gasteiger partial charge >= 0.3 is 6.09 Å². The third kappa shape index (κ3) is 5.23. The molecule has 0 unspecified atom stereocenters. The average molecular weight is 322 g/mol. The molecule has 1 saturated heterocycles. The van der Waals surface area contributed by atoms with E-state index < -0.39 is 5.82 Å². The van der Waals surface area contributed by atoms with Crippen LogP contribution in [0.1, 0.15) is 43.0 Å². The monoisotopic (exact) mass is 322 g/mol. The lowest BCUT2D eigenvalue weighted by Crippen LogP contribution is -2.46. The predicted molar refractivity (Wildman–Crippen MR) is 84.7 cm³/mol. The third-order valence-corrected chi connectivity index (χ3v) is 3.90. The van der Waals surface area contributed by atoms with E-state index in [4.69, 9.17) is 4.74 Å². The Bertz CT molecular complexity index is 542. The molecule has 0 aliphatic carbocycles. The van der Waals surface area contributed by atoms with Crippen molar-refractivity contribution in [3.8, 4) is 0 Å². The molecule has 0 aromatic heterocycles. The molecule has 6 heteroatoms. The maximum absolute atomic E-state index is 13.1. The van der Waals surface area contributed by atoms with Gasteiger partial charge in [-0.05, 0) is 37.5 Å². The summed E-state index contributed by atoms with van der Waals surface area (Å²) in [6.45, 7) is 3.60. The molecular weight excluding hydrogens is 299 g/mol. The van der Waals surface area contributed by atoms with Crippen LogP contribution in [-0.4, -0.2) is 42.6 Å². The summed E-state index contributed by atoms with van der Waals surface area (Å²) >= 11 is 0. The second-order valence-corrected chi connectivity index (χ2v) is 5.71. The summed E-state index contributed by atoms with van der Waals surface area (Å²) in [4.78, 5) is 25.6. The zero-order valence-electron chi connectivity index (χ0n) is 13.4. The molecule has 0 spiro atoms.